The number of aliphatic hydroxyl groups is 1. The summed E-state index contributed by atoms with van der Waals surface area (Å²) in [5.41, 5.74) is 0. The highest BCUT2D eigenvalue weighted by Crippen LogP contribution is 2.47. The van der Waals surface area contributed by atoms with Crippen molar-refractivity contribution in [2.45, 2.75) is 148 Å². The van der Waals surface area contributed by atoms with Crippen LogP contribution in [0.15, 0.2) is 12.2 Å². The van der Waals surface area contributed by atoms with E-state index in [1.54, 1.807) is 0 Å². The lowest BCUT2D eigenvalue weighted by Gasteiger charge is -2.40. The number of hydrogen-bond acceptors (Lipinski definition) is 5. The lowest BCUT2D eigenvalue weighted by molar-refractivity contribution is -0.141. The van der Waals surface area contributed by atoms with Crippen molar-refractivity contribution >= 4 is 22.6 Å². The molecule has 0 spiro atoms. The highest BCUT2D eigenvalue weighted by molar-refractivity contribution is 6.74. The summed E-state index contributed by atoms with van der Waals surface area (Å²) in [7, 11) is -4.04. The maximum atomic E-state index is 11.5. The SMILES string of the molecule is CCCCCC(O)/C=C/[C@@H]1[C@H](CCOC(C)=O)[C@@H](O[Si](C)(C)C(C)(C)C)C[C@H]1O[Si](C)(C)C(C)(C)C. The quantitative estimate of drug-likeness (QED) is 0.111. The summed E-state index contributed by atoms with van der Waals surface area (Å²) in [6.07, 6.45) is 9.48. The van der Waals surface area contributed by atoms with E-state index in [0.717, 1.165) is 38.5 Å². The molecule has 1 saturated carbocycles. The molecular weight excluding hydrogens is 484 g/mol. The summed E-state index contributed by atoms with van der Waals surface area (Å²) in [6, 6.07) is 0. The molecule has 0 aromatic heterocycles. The van der Waals surface area contributed by atoms with Gasteiger partial charge in [0.1, 0.15) is 0 Å². The van der Waals surface area contributed by atoms with E-state index in [1.807, 2.05) is 6.08 Å². The first-order valence-electron chi connectivity index (χ1n) is 14.2. The van der Waals surface area contributed by atoms with E-state index in [0.29, 0.717) is 6.61 Å². The Kier molecular flexibility index (Phi) is 12.6. The molecule has 0 aromatic carbocycles. The molecule has 0 aromatic rings. The van der Waals surface area contributed by atoms with Gasteiger partial charge >= 0.3 is 5.97 Å². The van der Waals surface area contributed by atoms with Crippen LogP contribution in [0.1, 0.15) is 93.9 Å². The molecule has 1 aliphatic carbocycles. The van der Waals surface area contributed by atoms with Gasteiger partial charge in [0.2, 0.25) is 0 Å². The normalized spacial score (nSPS) is 24.9. The number of hydrogen-bond donors (Lipinski definition) is 1. The number of aliphatic hydroxyl groups excluding tert-OH is 1. The van der Waals surface area contributed by atoms with Gasteiger partial charge in [0.05, 0.1) is 24.9 Å². The van der Waals surface area contributed by atoms with Crippen LogP contribution in [0.2, 0.25) is 36.3 Å². The average Bonchev–Trinajstić information content (AvgIpc) is 2.99. The number of carbonyl (C=O) groups excluding carboxylic acids is 1. The van der Waals surface area contributed by atoms with E-state index in [2.05, 4.69) is 80.7 Å². The Morgan fingerprint density at radius 2 is 1.50 bits per heavy atom. The first-order valence-corrected chi connectivity index (χ1v) is 20.0. The summed E-state index contributed by atoms with van der Waals surface area (Å²) in [5.74, 6) is 0.0417. The second-order valence-corrected chi connectivity index (χ2v) is 23.4. The van der Waals surface area contributed by atoms with Crippen LogP contribution in [-0.4, -0.2) is 52.6 Å². The van der Waals surface area contributed by atoms with Gasteiger partial charge in [-0.25, -0.2) is 0 Å². The van der Waals surface area contributed by atoms with Crippen molar-refractivity contribution in [2.75, 3.05) is 6.61 Å². The minimum atomic E-state index is -2.02. The number of rotatable bonds is 13. The molecule has 1 fully saturated rings. The Bertz CT molecular complexity index is 705. The van der Waals surface area contributed by atoms with Crippen LogP contribution in [0.5, 0.6) is 0 Å². The van der Waals surface area contributed by atoms with Gasteiger partial charge in [0.25, 0.3) is 0 Å². The molecule has 0 saturated heterocycles. The second kappa shape index (κ2) is 13.5. The molecule has 5 atom stereocenters. The standard InChI is InChI=1S/C29H58O5Si2/c1-13-14-15-16-23(31)17-18-24-25(19-20-32-22(2)30)27(34-36(11,12)29(6,7)8)21-26(24)33-35(9,10)28(3,4)5/h17-18,23-27,31H,13-16,19-21H2,1-12H3/b18-17+/t23?,24-,25+,26-,27+/m1/s1. The van der Waals surface area contributed by atoms with Crippen molar-refractivity contribution in [3.05, 3.63) is 12.2 Å². The third-order valence-corrected chi connectivity index (χ3v) is 17.8. The summed E-state index contributed by atoms with van der Waals surface area (Å²) in [5, 5.41) is 10.9. The fraction of sp³-hybridized carbons (Fsp3) is 0.897. The zero-order valence-electron chi connectivity index (χ0n) is 25.6. The van der Waals surface area contributed by atoms with Crippen molar-refractivity contribution in [1.82, 2.24) is 0 Å². The smallest absolute Gasteiger partial charge is 0.302 e. The second-order valence-electron chi connectivity index (χ2n) is 13.9. The fourth-order valence-electron chi connectivity index (χ4n) is 4.40. The number of esters is 1. The Labute approximate surface area is 225 Å². The maximum absolute atomic E-state index is 11.5. The van der Waals surface area contributed by atoms with Gasteiger partial charge in [0, 0.05) is 12.8 Å². The molecule has 212 valence electrons. The van der Waals surface area contributed by atoms with Crippen LogP contribution >= 0.6 is 0 Å². The number of unbranched alkanes of at least 4 members (excludes halogenated alkanes) is 2. The Morgan fingerprint density at radius 3 is 1.97 bits per heavy atom. The van der Waals surface area contributed by atoms with Crippen molar-refractivity contribution in [3.8, 4) is 0 Å². The van der Waals surface area contributed by atoms with Crippen molar-refractivity contribution in [3.63, 3.8) is 0 Å². The van der Waals surface area contributed by atoms with E-state index < -0.39 is 22.7 Å². The third-order valence-electron chi connectivity index (χ3n) is 8.79. The summed E-state index contributed by atoms with van der Waals surface area (Å²) in [4.78, 5) is 11.5. The Balaban J connectivity index is 3.33. The molecule has 5 nitrogen and oxygen atoms in total. The highest BCUT2D eigenvalue weighted by atomic mass is 28.4. The van der Waals surface area contributed by atoms with Gasteiger partial charge < -0.3 is 18.7 Å². The zero-order chi connectivity index (χ0) is 27.9. The van der Waals surface area contributed by atoms with Crippen LogP contribution in [0.4, 0.5) is 0 Å². The van der Waals surface area contributed by atoms with Crippen molar-refractivity contribution in [1.29, 1.82) is 0 Å². The van der Waals surface area contributed by atoms with E-state index in [9.17, 15) is 9.90 Å². The topological polar surface area (TPSA) is 65.0 Å². The fourth-order valence-corrected chi connectivity index (χ4v) is 7.14. The molecule has 0 radical (unpaired) electrons. The number of ether oxygens (including phenoxy) is 1. The van der Waals surface area contributed by atoms with Gasteiger partial charge in [-0.05, 0) is 61.4 Å². The lowest BCUT2D eigenvalue weighted by Crippen LogP contribution is -2.45. The third kappa shape index (κ3) is 10.0. The monoisotopic (exact) mass is 542 g/mol. The van der Waals surface area contributed by atoms with E-state index in [4.69, 9.17) is 13.6 Å². The minimum absolute atomic E-state index is 0.0297. The van der Waals surface area contributed by atoms with E-state index in [1.165, 1.54) is 6.92 Å². The average molecular weight is 543 g/mol. The molecule has 1 N–H and O–H groups in total. The van der Waals surface area contributed by atoms with E-state index in [-0.39, 0.29) is 40.1 Å². The Hall–Kier alpha value is -0.476. The zero-order valence-corrected chi connectivity index (χ0v) is 27.6. The predicted molar refractivity (Wildman–Crippen MR) is 156 cm³/mol. The predicted octanol–water partition coefficient (Wildman–Crippen LogP) is 7.85. The van der Waals surface area contributed by atoms with Gasteiger partial charge in [-0.1, -0.05) is 79.9 Å². The molecule has 1 unspecified atom stereocenters. The van der Waals surface area contributed by atoms with Gasteiger partial charge in [-0.15, -0.1) is 0 Å². The van der Waals surface area contributed by atoms with Crippen LogP contribution in [0.3, 0.4) is 0 Å². The van der Waals surface area contributed by atoms with Gasteiger partial charge in [-0.3, -0.25) is 4.79 Å². The van der Waals surface area contributed by atoms with Crippen LogP contribution < -0.4 is 0 Å². The maximum Gasteiger partial charge on any atom is 0.302 e. The minimum Gasteiger partial charge on any atom is -0.466 e. The largest absolute Gasteiger partial charge is 0.466 e. The Morgan fingerprint density at radius 1 is 0.972 bits per heavy atom. The molecule has 36 heavy (non-hydrogen) atoms. The van der Waals surface area contributed by atoms with Crippen LogP contribution in [0, 0.1) is 11.8 Å². The molecule has 0 heterocycles. The molecule has 7 heteroatoms. The highest BCUT2D eigenvalue weighted by Gasteiger charge is 2.50. The van der Waals surface area contributed by atoms with Crippen LogP contribution in [0.25, 0.3) is 0 Å². The van der Waals surface area contributed by atoms with Gasteiger partial charge in [0.15, 0.2) is 16.6 Å². The van der Waals surface area contributed by atoms with Crippen molar-refractivity contribution < 1.29 is 23.5 Å². The summed E-state index contributed by atoms with van der Waals surface area (Å²) < 4.78 is 19.4. The molecule has 0 amide bonds. The molecular formula is C29H58O5Si2. The summed E-state index contributed by atoms with van der Waals surface area (Å²) >= 11 is 0. The molecule has 0 aliphatic heterocycles. The molecule has 0 bridgehead atoms. The van der Waals surface area contributed by atoms with Crippen LogP contribution in [-0.2, 0) is 18.4 Å². The van der Waals surface area contributed by atoms with E-state index >= 15 is 0 Å². The summed E-state index contributed by atoms with van der Waals surface area (Å²) in [6.45, 7) is 26.9. The number of carbonyl (C=O) groups is 1. The first kappa shape index (κ1) is 33.6. The molecule has 1 rings (SSSR count). The first-order chi connectivity index (χ1) is 16.3. The lowest BCUT2D eigenvalue weighted by atomic mass is 9.90. The van der Waals surface area contributed by atoms with Gasteiger partial charge in [-0.2, -0.15) is 0 Å². The van der Waals surface area contributed by atoms with Crippen molar-refractivity contribution in [2.24, 2.45) is 11.8 Å². The molecule has 1 aliphatic rings.